The van der Waals surface area contributed by atoms with E-state index in [0.717, 1.165) is 25.7 Å². The zero-order valence-corrected chi connectivity index (χ0v) is 13.8. The highest BCUT2D eigenvalue weighted by molar-refractivity contribution is 7.90. The Morgan fingerprint density at radius 3 is 2.20 bits per heavy atom. The second kappa shape index (κ2) is 6.89. The van der Waals surface area contributed by atoms with Crippen LogP contribution < -0.4 is 4.72 Å². The molecule has 1 rings (SSSR count). The van der Waals surface area contributed by atoms with Crippen LogP contribution in [0.25, 0.3) is 0 Å². The van der Waals surface area contributed by atoms with Gasteiger partial charge in [-0.15, -0.1) is 0 Å². The zero-order chi connectivity index (χ0) is 15.4. The van der Waals surface area contributed by atoms with Crippen LogP contribution in [0.1, 0.15) is 59.3 Å². The van der Waals surface area contributed by atoms with E-state index in [1.54, 1.807) is 0 Å². The van der Waals surface area contributed by atoms with Crippen molar-refractivity contribution >= 4 is 16.0 Å². The summed E-state index contributed by atoms with van der Waals surface area (Å²) in [5.41, 5.74) is -0.401. The summed E-state index contributed by atoms with van der Waals surface area (Å²) in [7, 11) is -2.20. The second-order valence-electron chi connectivity index (χ2n) is 5.59. The summed E-state index contributed by atoms with van der Waals surface area (Å²) in [5, 5.41) is -0.654. The molecule has 1 N–H and O–H groups in total. The standard InChI is InChI=1S/C14H27NO4S/c1-5-14(6-2,7-3)15-20(17,18)12-10-8-9-11(12)13(16)19-4/h11-12,15H,5-10H2,1-4H3. The van der Waals surface area contributed by atoms with E-state index in [1.165, 1.54) is 7.11 Å². The summed E-state index contributed by atoms with van der Waals surface area (Å²) in [6.45, 7) is 5.96. The van der Waals surface area contributed by atoms with E-state index in [0.29, 0.717) is 12.8 Å². The van der Waals surface area contributed by atoms with Crippen LogP contribution in [-0.2, 0) is 19.6 Å². The lowest BCUT2D eigenvalue weighted by Gasteiger charge is -2.33. The Morgan fingerprint density at radius 2 is 1.75 bits per heavy atom. The number of carbonyl (C=O) groups is 1. The molecule has 2 unspecified atom stereocenters. The van der Waals surface area contributed by atoms with E-state index in [4.69, 9.17) is 4.74 Å². The number of methoxy groups -OCH3 is 1. The molecule has 1 saturated carbocycles. The Hall–Kier alpha value is -0.620. The molecular formula is C14H27NO4S. The highest BCUT2D eigenvalue weighted by Gasteiger charge is 2.44. The molecule has 0 heterocycles. The first-order valence-electron chi connectivity index (χ1n) is 7.46. The quantitative estimate of drug-likeness (QED) is 0.732. The first-order valence-corrected chi connectivity index (χ1v) is 9.01. The molecule has 118 valence electrons. The van der Waals surface area contributed by atoms with Gasteiger partial charge in [-0.2, -0.15) is 0 Å². The Morgan fingerprint density at radius 1 is 1.20 bits per heavy atom. The number of sulfonamides is 1. The lowest BCUT2D eigenvalue weighted by molar-refractivity contribution is -0.145. The molecule has 0 aromatic rings. The summed E-state index contributed by atoms with van der Waals surface area (Å²) >= 11 is 0. The average molecular weight is 305 g/mol. The maximum Gasteiger partial charge on any atom is 0.310 e. The maximum absolute atomic E-state index is 12.6. The lowest BCUT2D eigenvalue weighted by Crippen LogP contribution is -2.51. The zero-order valence-electron chi connectivity index (χ0n) is 12.9. The van der Waals surface area contributed by atoms with Crippen molar-refractivity contribution in [1.29, 1.82) is 0 Å². The van der Waals surface area contributed by atoms with Crippen molar-refractivity contribution in [2.75, 3.05) is 7.11 Å². The number of esters is 1. The molecule has 0 radical (unpaired) electrons. The highest BCUT2D eigenvalue weighted by atomic mass is 32.2. The molecule has 6 heteroatoms. The summed E-state index contributed by atoms with van der Waals surface area (Å²) in [6, 6.07) is 0. The molecule has 1 fully saturated rings. The summed E-state index contributed by atoms with van der Waals surface area (Å²) < 4.78 is 32.9. The van der Waals surface area contributed by atoms with Gasteiger partial charge in [0, 0.05) is 5.54 Å². The number of hydrogen-bond acceptors (Lipinski definition) is 4. The minimum Gasteiger partial charge on any atom is -0.469 e. The molecule has 1 aliphatic carbocycles. The van der Waals surface area contributed by atoms with Crippen LogP contribution in [0.15, 0.2) is 0 Å². The molecule has 0 aliphatic heterocycles. The summed E-state index contributed by atoms with van der Waals surface area (Å²) in [4.78, 5) is 11.7. The molecule has 0 amide bonds. The third-order valence-electron chi connectivity index (χ3n) is 4.74. The van der Waals surface area contributed by atoms with Gasteiger partial charge in [0.25, 0.3) is 0 Å². The monoisotopic (exact) mass is 305 g/mol. The predicted octanol–water partition coefficient (Wildman–Crippen LogP) is 2.22. The van der Waals surface area contributed by atoms with Crippen molar-refractivity contribution in [3.05, 3.63) is 0 Å². The van der Waals surface area contributed by atoms with Gasteiger partial charge in [-0.05, 0) is 32.1 Å². The van der Waals surface area contributed by atoms with Crippen LogP contribution in [0.3, 0.4) is 0 Å². The van der Waals surface area contributed by atoms with Gasteiger partial charge in [-0.25, -0.2) is 13.1 Å². The Kier molecular flexibility index (Phi) is 6.01. The maximum atomic E-state index is 12.6. The SMILES string of the molecule is CCC(CC)(CC)NS(=O)(=O)C1CCCC1C(=O)OC. The van der Waals surface area contributed by atoms with Crippen molar-refractivity contribution < 1.29 is 17.9 Å². The Labute approximate surface area is 122 Å². The smallest absolute Gasteiger partial charge is 0.310 e. The van der Waals surface area contributed by atoms with E-state index < -0.39 is 32.7 Å². The fourth-order valence-electron chi connectivity index (χ4n) is 3.06. The highest BCUT2D eigenvalue weighted by Crippen LogP contribution is 2.33. The number of ether oxygens (including phenoxy) is 1. The number of rotatable bonds is 7. The summed E-state index contributed by atoms with van der Waals surface area (Å²) in [6.07, 6.45) is 4.11. The van der Waals surface area contributed by atoms with Crippen LogP contribution in [0.4, 0.5) is 0 Å². The van der Waals surface area contributed by atoms with Crippen LogP contribution in [0.2, 0.25) is 0 Å². The number of hydrogen-bond donors (Lipinski definition) is 1. The molecular weight excluding hydrogens is 278 g/mol. The van der Waals surface area contributed by atoms with Crippen molar-refractivity contribution in [1.82, 2.24) is 4.72 Å². The Balaban J connectivity index is 2.95. The van der Waals surface area contributed by atoms with Crippen molar-refractivity contribution in [3.63, 3.8) is 0 Å². The largest absolute Gasteiger partial charge is 0.469 e. The first-order chi connectivity index (χ1) is 9.35. The summed E-state index contributed by atoms with van der Waals surface area (Å²) in [5.74, 6) is -0.936. The normalized spacial score (nSPS) is 23.8. The molecule has 20 heavy (non-hydrogen) atoms. The molecule has 0 saturated heterocycles. The van der Waals surface area contributed by atoms with Gasteiger partial charge in [0.05, 0.1) is 18.3 Å². The Bertz CT molecular complexity index is 420. The van der Waals surface area contributed by atoms with E-state index in [-0.39, 0.29) is 0 Å². The van der Waals surface area contributed by atoms with E-state index in [9.17, 15) is 13.2 Å². The van der Waals surface area contributed by atoms with Gasteiger partial charge < -0.3 is 4.74 Å². The molecule has 1 aliphatic rings. The topological polar surface area (TPSA) is 72.5 Å². The van der Waals surface area contributed by atoms with Crippen molar-refractivity contribution in [2.24, 2.45) is 5.92 Å². The van der Waals surface area contributed by atoms with Gasteiger partial charge >= 0.3 is 5.97 Å². The molecule has 0 aromatic heterocycles. The average Bonchev–Trinajstić information content (AvgIpc) is 2.94. The predicted molar refractivity (Wildman–Crippen MR) is 78.8 cm³/mol. The fourth-order valence-corrected chi connectivity index (χ4v) is 5.41. The van der Waals surface area contributed by atoms with Gasteiger partial charge in [-0.3, -0.25) is 4.79 Å². The minimum atomic E-state index is -3.51. The van der Waals surface area contributed by atoms with Crippen molar-refractivity contribution in [3.8, 4) is 0 Å². The fraction of sp³-hybridized carbons (Fsp3) is 0.929. The molecule has 5 nitrogen and oxygen atoms in total. The third-order valence-corrected chi connectivity index (χ3v) is 6.82. The van der Waals surface area contributed by atoms with E-state index in [2.05, 4.69) is 4.72 Å². The number of nitrogens with one attached hydrogen (secondary N) is 1. The lowest BCUT2D eigenvalue weighted by atomic mass is 9.91. The number of carbonyl (C=O) groups excluding carboxylic acids is 1. The van der Waals surface area contributed by atoms with Gasteiger partial charge in [0.15, 0.2) is 0 Å². The van der Waals surface area contributed by atoms with Crippen molar-refractivity contribution in [2.45, 2.75) is 70.1 Å². The molecule has 0 aromatic carbocycles. The minimum absolute atomic E-state index is 0.401. The van der Waals surface area contributed by atoms with E-state index in [1.807, 2.05) is 20.8 Å². The van der Waals surface area contributed by atoms with Crippen LogP contribution in [0, 0.1) is 5.92 Å². The molecule has 0 bridgehead atoms. The molecule has 0 spiro atoms. The van der Waals surface area contributed by atoms with Gasteiger partial charge in [-0.1, -0.05) is 27.2 Å². The van der Waals surface area contributed by atoms with Crippen LogP contribution in [0.5, 0.6) is 0 Å². The first kappa shape index (κ1) is 17.4. The van der Waals surface area contributed by atoms with Crippen LogP contribution in [-0.4, -0.2) is 32.3 Å². The third kappa shape index (κ3) is 3.52. The molecule has 2 atom stereocenters. The second-order valence-corrected chi connectivity index (χ2v) is 7.49. The van der Waals surface area contributed by atoms with E-state index >= 15 is 0 Å². The van der Waals surface area contributed by atoms with Gasteiger partial charge in [0.2, 0.25) is 10.0 Å². The van der Waals surface area contributed by atoms with Crippen LogP contribution >= 0.6 is 0 Å². The van der Waals surface area contributed by atoms with Gasteiger partial charge in [0.1, 0.15) is 0 Å².